The Balaban J connectivity index is -0.000000193. The summed E-state index contributed by atoms with van der Waals surface area (Å²) in [5.41, 5.74) is -6.77. The third-order valence-corrected chi connectivity index (χ3v) is 8.55. The summed E-state index contributed by atoms with van der Waals surface area (Å²) < 4.78 is 15.3. The molecule has 0 saturated carbocycles. The number of para-hydroxylation sites is 3. The van der Waals surface area contributed by atoms with Crippen LogP contribution in [0.3, 0.4) is 0 Å². The molecular weight excluding hydrogens is 1030 g/mol. The number of aryl methyl sites for hydroxylation is 3. The topological polar surface area (TPSA) is 96.9 Å². The molecule has 3 atom stereocenters. The van der Waals surface area contributed by atoms with Crippen LogP contribution >= 0.6 is 17.1 Å². The zero-order chi connectivity index (χ0) is 33.9. The van der Waals surface area contributed by atoms with Crippen LogP contribution in [0.1, 0.15) is 76.0 Å². The van der Waals surface area contributed by atoms with Gasteiger partial charge in [-0.1, -0.05) is 147 Å². The van der Waals surface area contributed by atoms with E-state index < -0.39 is 17.1 Å². The monoisotopic (exact) mass is 1070 g/mol. The van der Waals surface area contributed by atoms with E-state index in [-0.39, 0.29) is 82.6 Å². The zero-order valence-corrected chi connectivity index (χ0v) is 41.6. The minimum absolute atomic E-state index is 0. The van der Waals surface area contributed by atoms with Gasteiger partial charge in [0.1, 0.15) is 17.2 Å². The Bertz CT molecular complexity index is 1280. The van der Waals surface area contributed by atoms with Gasteiger partial charge >= 0.3 is 0 Å². The van der Waals surface area contributed by atoms with Crippen LogP contribution < -0.4 is 28.3 Å². The van der Waals surface area contributed by atoms with Crippen molar-refractivity contribution in [3.05, 3.63) is 89.5 Å². The van der Waals surface area contributed by atoms with Crippen molar-refractivity contribution < 1.29 is 70.4 Å². The molecule has 6 nitrogen and oxygen atoms in total. The largest absolute Gasteiger partial charge is 2.00 e. The molecule has 0 amide bonds. The molecule has 3 aromatic carbocycles. The molecule has 3 aromatic rings. The van der Waals surface area contributed by atoms with Gasteiger partial charge in [-0.15, -0.1) is 0 Å². The Labute approximate surface area is 381 Å². The first-order valence-electron chi connectivity index (χ1n) is 14.5. The van der Waals surface area contributed by atoms with Gasteiger partial charge in [0.15, 0.2) is 0 Å². The van der Waals surface area contributed by atoms with E-state index in [4.69, 9.17) is 13.6 Å². The van der Waals surface area contributed by atoms with Gasteiger partial charge in [-0.3, -0.25) is 0 Å². The SMILES string of the molecule is CCCCc1ccccc1OP([O-])(=S)[S-].CCCCc1ccccc1OP([O-])(=S)[S-].CCCCc1ccccc1OP([O-])(=S)[S-].[Mo].[Mo].[S-2].[S-2].[S-2]. The fourth-order valence-corrected chi connectivity index (χ4v) is 6.56. The first kappa shape index (κ1) is 61.6. The van der Waals surface area contributed by atoms with Crippen molar-refractivity contribution in [1.82, 2.24) is 0 Å². The summed E-state index contributed by atoms with van der Waals surface area (Å²) in [6.45, 7) is 6.36. The molecule has 0 aliphatic rings. The first-order valence-corrected chi connectivity index (χ1v) is 25.4. The molecule has 3 unspecified atom stereocenters. The molecular formula is C30H39Mo2O6P3S9-12. The second kappa shape index (κ2) is 33.5. The minimum Gasteiger partial charge on any atom is -2.00 e. The predicted molar refractivity (Wildman–Crippen MR) is 224 cm³/mol. The Morgan fingerprint density at radius 2 is 0.680 bits per heavy atom. The zero-order valence-electron chi connectivity index (χ0n) is 27.6. The first-order chi connectivity index (χ1) is 21.1. The van der Waals surface area contributed by atoms with Crippen LogP contribution in [-0.4, -0.2) is 0 Å². The van der Waals surface area contributed by atoms with E-state index in [9.17, 15) is 14.7 Å². The fraction of sp³-hybridized carbons (Fsp3) is 0.400. The van der Waals surface area contributed by atoms with Crippen LogP contribution in [0.2, 0.25) is 0 Å². The van der Waals surface area contributed by atoms with E-state index in [1.54, 1.807) is 18.2 Å². The van der Waals surface area contributed by atoms with E-state index in [1.807, 2.05) is 54.6 Å². The maximum atomic E-state index is 11.2. The van der Waals surface area contributed by atoms with Crippen molar-refractivity contribution in [3.63, 3.8) is 0 Å². The summed E-state index contributed by atoms with van der Waals surface area (Å²) in [7, 11) is 0. The van der Waals surface area contributed by atoms with E-state index >= 15 is 0 Å². The fourth-order valence-electron chi connectivity index (χ4n) is 3.86. The van der Waals surface area contributed by atoms with Crippen molar-refractivity contribution >= 4 is 130 Å². The number of hydrogen-bond acceptors (Lipinski definition) is 12. The van der Waals surface area contributed by atoms with Gasteiger partial charge in [0, 0.05) is 42.1 Å². The molecule has 0 aliphatic carbocycles. The van der Waals surface area contributed by atoms with Crippen molar-refractivity contribution in [1.29, 1.82) is 0 Å². The predicted octanol–water partition coefficient (Wildman–Crippen LogP) is 7.61. The molecule has 3 rings (SSSR count). The van der Waals surface area contributed by atoms with Gasteiger partial charge in [0.25, 0.3) is 0 Å². The van der Waals surface area contributed by atoms with Gasteiger partial charge < -0.3 is 105 Å². The standard InChI is InChI=1S/3C10H15O2PS2.2Mo.3S/c3*1-2-3-6-9-7-4-5-8-10(9)12-13(11,14)15;;;;;/h3*4-5,7-8H,2-3,6H2,1H3,(H2,11,14,15);;;;;/q;;;;;3*-2/p-6. The second-order valence-corrected chi connectivity index (χ2v) is 23.7. The van der Waals surface area contributed by atoms with Gasteiger partial charge in [0.05, 0.1) is 0 Å². The Morgan fingerprint density at radius 1 is 0.480 bits per heavy atom. The molecule has 0 N–H and O–H groups in total. The van der Waals surface area contributed by atoms with E-state index in [1.165, 1.54) is 0 Å². The van der Waals surface area contributed by atoms with Crippen molar-refractivity contribution in [2.24, 2.45) is 0 Å². The van der Waals surface area contributed by atoms with Gasteiger partial charge in [-0.05, 0) is 73.4 Å². The molecule has 288 valence electrons. The number of rotatable bonds is 15. The van der Waals surface area contributed by atoms with Crippen LogP contribution in [0, 0.1) is 0 Å². The van der Waals surface area contributed by atoms with Gasteiger partial charge in [-0.2, -0.15) is 0 Å². The molecule has 0 spiro atoms. The van der Waals surface area contributed by atoms with Crippen LogP contribution in [-0.2, 0) is 174 Å². The van der Waals surface area contributed by atoms with Crippen LogP contribution in [0.5, 0.6) is 17.2 Å². The summed E-state index contributed by atoms with van der Waals surface area (Å²) in [5, 5.41) is 0. The quantitative estimate of drug-likeness (QED) is 0.0853. The molecule has 0 radical (unpaired) electrons. The summed E-state index contributed by atoms with van der Waals surface area (Å²) >= 11 is 27.5. The maximum Gasteiger partial charge on any atom is 0.122 e. The Hall–Kier alpha value is 2.37. The molecule has 0 saturated heterocycles. The van der Waals surface area contributed by atoms with Crippen molar-refractivity contribution in [2.75, 3.05) is 0 Å². The summed E-state index contributed by atoms with van der Waals surface area (Å²) in [4.78, 5) is 33.7. The average molecular weight is 1070 g/mol. The normalized spacial score (nSPS) is 13.1. The minimum atomic E-state index is -3.28. The maximum absolute atomic E-state index is 11.2. The summed E-state index contributed by atoms with van der Waals surface area (Å²) in [6.07, 6.45) is 9.22. The van der Waals surface area contributed by atoms with Crippen LogP contribution in [0.25, 0.3) is 0 Å². The average Bonchev–Trinajstić information content (AvgIpc) is 2.94. The molecule has 0 heterocycles. The molecule has 0 aliphatic heterocycles. The molecule has 0 fully saturated rings. The third kappa shape index (κ3) is 31.6. The molecule has 0 bridgehead atoms. The summed E-state index contributed by atoms with van der Waals surface area (Å²) in [5.74, 6) is 1.71. The Kier molecular flexibility index (Phi) is 41.3. The third-order valence-electron chi connectivity index (χ3n) is 5.95. The van der Waals surface area contributed by atoms with Crippen molar-refractivity contribution in [3.8, 4) is 17.2 Å². The Morgan fingerprint density at radius 3 is 0.860 bits per heavy atom. The molecule has 50 heavy (non-hydrogen) atoms. The number of hydrogen-bond donors (Lipinski definition) is 0. The van der Waals surface area contributed by atoms with Gasteiger partial charge in [-0.25, -0.2) is 0 Å². The van der Waals surface area contributed by atoms with Crippen LogP contribution in [0.4, 0.5) is 0 Å². The molecule has 20 heteroatoms. The smallest absolute Gasteiger partial charge is 0.122 e. The molecule has 0 aromatic heterocycles. The van der Waals surface area contributed by atoms with Crippen molar-refractivity contribution in [2.45, 2.75) is 78.6 Å². The van der Waals surface area contributed by atoms with E-state index in [0.717, 1.165) is 74.5 Å². The van der Waals surface area contributed by atoms with E-state index in [0.29, 0.717) is 17.2 Å². The van der Waals surface area contributed by atoms with E-state index in [2.05, 4.69) is 92.9 Å². The number of benzene rings is 3. The second-order valence-electron chi connectivity index (χ2n) is 9.75. The number of unbranched alkanes of at least 4 members (excludes halogenated alkanes) is 3. The van der Waals surface area contributed by atoms with Gasteiger partial charge in [0.2, 0.25) is 0 Å². The summed E-state index contributed by atoms with van der Waals surface area (Å²) in [6, 6.07) is 22.4. The van der Waals surface area contributed by atoms with Crippen LogP contribution in [0.15, 0.2) is 72.8 Å².